The van der Waals surface area contributed by atoms with Gasteiger partial charge >= 0.3 is 0 Å². The minimum absolute atomic E-state index is 0.382. The summed E-state index contributed by atoms with van der Waals surface area (Å²) in [4.78, 5) is 0. The molecule has 1 fully saturated rings. The van der Waals surface area contributed by atoms with Crippen molar-refractivity contribution in [2.45, 2.75) is 19.9 Å². The maximum atomic E-state index is 6.05. The highest BCUT2D eigenvalue weighted by molar-refractivity contribution is 7.77. The smallest absolute Gasteiger partial charge is 0.195 e. The van der Waals surface area contributed by atoms with Gasteiger partial charge < -0.3 is 10.1 Å². The summed E-state index contributed by atoms with van der Waals surface area (Å²) in [7, 11) is -0.616. The molecule has 0 spiro atoms. The Morgan fingerprint density at radius 1 is 0.962 bits per heavy atom. The Bertz CT molecular complexity index is 813. The predicted octanol–water partition coefficient (Wildman–Crippen LogP) is 4.43. The summed E-state index contributed by atoms with van der Waals surface area (Å²) >= 11 is 0. The average molecular weight is 361 g/mol. The lowest BCUT2D eigenvalue weighted by Crippen LogP contribution is -2.28. The van der Waals surface area contributed by atoms with Crippen molar-refractivity contribution in [1.29, 1.82) is 0 Å². The van der Waals surface area contributed by atoms with E-state index in [1.54, 1.807) is 0 Å². The lowest BCUT2D eigenvalue weighted by atomic mass is 10.1. The van der Waals surface area contributed by atoms with Crippen molar-refractivity contribution in [2.24, 2.45) is 5.92 Å². The third kappa shape index (κ3) is 3.34. The molecular formula is C23H24NOP. The van der Waals surface area contributed by atoms with Gasteiger partial charge in [0.15, 0.2) is 5.88 Å². The molecule has 1 atom stereocenters. The number of hydrogen-bond acceptors (Lipinski definition) is 2. The first-order chi connectivity index (χ1) is 12.7. The molecule has 2 aliphatic rings. The zero-order chi connectivity index (χ0) is 17.9. The number of rotatable bonds is 4. The Labute approximate surface area is 157 Å². The van der Waals surface area contributed by atoms with E-state index in [1.165, 1.54) is 21.5 Å². The number of ether oxygens (including phenoxy) is 1. The summed E-state index contributed by atoms with van der Waals surface area (Å²) < 4.78 is 6.05. The Morgan fingerprint density at radius 3 is 2.12 bits per heavy atom. The van der Waals surface area contributed by atoms with Crippen molar-refractivity contribution >= 4 is 18.5 Å². The second-order valence-electron chi connectivity index (χ2n) is 6.97. The molecule has 2 aromatic carbocycles. The van der Waals surface area contributed by atoms with Gasteiger partial charge in [-0.1, -0.05) is 86.7 Å². The summed E-state index contributed by atoms with van der Waals surface area (Å²) in [6.07, 6.45) is 6.58. The molecule has 1 aliphatic carbocycles. The number of hydrogen-bond donors (Lipinski definition) is 1. The van der Waals surface area contributed by atoms with Gasteiger partial charge in [-0.25, -0.2) is 0 Å². The van der Waals surface area contributed by atoms with E-state index >= 15 is 0 Å². The first kappa shape index (κ1) is 17.1. The highest BCUT2D eigenvalue weighted by atomic mass is 31.1. The highest BCUT2D eigenvalue weighted by Crippen LogP contribution is 2.49. The van der Waals surface area contributed by atoms with Crippen molar-refractivity contribution < 1.29 is 4.74 Å². The maximum Gasteiger partial charge on any atom is 0.195 e. The van der Waals surface area contributed by atoms with Crippen molar-refractivity contribution in [3.8, 4) is 0 Å². The zero-order valence-corrected chi connectivity index (χ0v) is 16.1. The Hall–Kier alpha value is -2.31. The van der Waals surface area contributed by atoms with Gasteiger partial charge in [0.1, 0.15) is 6.61 Å². The quantitative estimate of drug-likeness (QED) is 0.814. The van der Waals surface area contributed by atoms with Crippen molar-refractivity contribution in [3.05, 3.63) is 95.7 Å². The highest BCUT2D eigenvalue weighted by Gasteiger charge is 2.30. The van der Waals surface area contributed by atoms with Gasteiger partial charge in [-0.3, -0.25) is 0 Å². The van der Waals surface area contributed by atoms with E-state index in [2.05, 4.69) is 98.1 Å². The molecule has 3 heteroatoms. The van der Waals surface area contributed by atoms with Crippen LogP contribution >= 0.6 is 7.92 Å². The molecule has 1 unspecified atom stereocenters. The molecular weight excluding hydrogens is 337 g/mol. The average Bonchev–Trinajstić information content (AvgIpc) is 3.33. The van der Waals surface area contributed by atoms with Crippen LogP contribution in [0.15, 0.2) is 95.7 Å². The molecule has 2 aromatic rings. The van der Waals surface area contributed by atoms with Crippen molar-refractivity contribution in [3.63, 3.8) is 0 Å². The molecule has 0 radical (unpaired) electrons. The Balaban J connectivity index is 1.75. The van der Waals surface area contributed by atoms with Gasteiger partial charge in [0, 0.05) is 5.57 Å². The minimum Gasteiger partial charge on any atom is -0.477 e. The van der Waals surface area contributed by atoms with Crippen LogP contribution in [0.5, 0.6) is 0 Å². The molecule has 0 amide bonds. The minimum atomic E-state index is -0.616. The summed E-state index contributed by atoms with van der Waals surface area (Å²) in [5.41, 5.74) is 1.20. The van der Waals surface area contributed by atoms with Crippen LogP contribution in [-0.4, -0.2) is 12.6 Å². The monoisotopic (exact) mass is 361 g/mol. The van der Waals surface area contributed by atoms with E-state index in [0.717, 1.165) is 12.5 Å². The predicted molar refractivity (Wildman–Crippen MR) is 111 cm³/mol. The van der Waals surface area contributed by atoms with Crippen LogP contribution in [-0.2, 0) is 4.74 Å². The molecule has 2 nitrogen and oxygen atoms in total. The van der Waals surface area contributed by atoms with Gasteiger partial charge in [-0.15, -0.1) is 0 Å². The fourth-order valence-electron chi connectivity index (χ4n) is 3.32. The van der Waals surface area contributed by atoms with Crippen LogP contribution in [0.1, 0.15) is 13.8 Å². The molecule has 132 valence electrons. The van der Waals surface area contributed by atoms with E-state index in [0.29, 0.717) is 12.0 Å². The molecule has 0 bridgehead atoms. The van der Waals surface area contributed by atoms with Crippen LogP contribution in [0, 0.1) is 5.92 Å². The van der Waals surface area contributed by atoms with E-state index in [4.69, 9.17) is 4.74 Å². The van der Waals surface area contributed by atoms with E-state index in [1.807, 2.05) is 0 Å². The molecule has 0 saturated carbocycles. The molecule has 26 heavy (non-hydrogen) atoms. The van der Waals surface area contributed by atoms with Gasteiger partial charge in [0.25, 0.3) is 0 Å². The SMILES string of the molecule is CC(C)C1COC(=C2C=CC=C2P(c2ccccc2)c2ccccc2)N1. The molecule has 1 saturated heterocycles. The first-order valence-electron chi connectivity index (χ1n) is 9.16. The van der Waals surface area contributed by atoms with Gasteiger partial charge in [0.2, 0.25) is 0 Å². The number of allylic oxidation sites excluding steroid dienone is 5. The fraction of sp³-hybridized carbons (Fsp3) is 0.217. The summed E-state index contributed by atoms with van der Waals surface area (Å²) in [5.74, 6) is 1.48. The normalized spacial score (nSPS) is 21.8. The van der Waals surface area contributed by atoms with Gasteiger partial charge in [-0.05, 0) is 35.8 Å². The van der Waals surface area contributed by atoms with E-state index < -0.39 is 7.92 Å². The summed E-state index contributed by atoms with van der Waals surface area (Å²) in [5, 5.41) is 7.67. The summed E-state index contributed by atoms with van der Waals surface area (Å²) in [6.45, 7) is 5.21. The van der Waals surface area contributed by atoms with Gasteiger partial charge in [0.05, 0.1) is 6.04 Å². The molecule has 4 rings (SSSR count). The van der Waals surface area contributed by atoms with Gasteiger partial charge in [-0.2, -0.15) is 0 Å². The third-order valence-electron chi connectivity index (χ3n) is 4.84. The molecule has 1 N–H and O–H groups in total. The van der Waals surface area contributed by atoms with Crippen molar-refractivity contribution in [2.75, 3.05) is 6.61 Å². The Kier molecular flexibility index (Phi) is 4.95. The van der Waals surface area contributed by atoms with E-state index in [9.17, 15) is 0 Å². The van der Waals surface area contributed by atoms with Crippen LogP contribution < -0.4 is 15.9 Å². The summed E-state index contributed by atoms with van der Waals surface area (Å²) in [6, 6.07) is 22.0. The van der Waals surface area contributed by atoms with Crippen LogP contribution in [0.3, 0.4) is 0 Å². The molecule has 1 aliphatic heterocycles. The van der Waals surface area contributed by atoms with Crippen LogP contribution in [0.2, 0.25) is 0 Å². The number of nitrogens with one attached hydrogen (secondary N) is 1. The third-order valence-corrected chi connectivity index (χ3v) is 7.34. The van der Waals surface area contributed by atoms with E-state index in [-0.39, 0.29) is 0 Å². The maximum absolute atomic E-state index is 6.05. The molecule has 1 heterocycles. The largest absolute Gasteiger partial charge is 0.477 e. The first-order valence-corrected chi connectivity index (χ1v) is 10.5. The lowest BCUT2D eigenvalue weighted by molar-refractivity contribution is 0.242. The zero-order valence-electron chi connectivity index (χ0n) is 15.2. The molecule has 0 aromatic heterocycles. The van der Waals surface area contributed by atoms with Crippen LogP contribution in [0.4, 0.5) is 0 Å². The Morgan fingerprint density at radius 2 is 1.58 bits per heavy atom. The lowest BCUT2D eigenvalue weighted by Gasteiger charge is -2.22. The topological polar surface area (TPSA) is 21.3 Å². The number of benzene rings is 2. The van der Waals surface area contributed by atoms with Crippen LogP contribution in [0.25, 0.3) is 0 Å². The second kappa shape index (κ2) is 7.51. The standard InChI is InChI=1S/C23H24NOP/c1-17(2)21-16-25-23(24-21)20-14-9-15-22(20)26(18-10-5-3-6-11-18)19-12-7-4-8-13-19/h3-15,17,21,24H,16H2,1-2H3. The second-order valence-corrected chi connectivity index (χ2v) is 9.15. The van der Waals surface area contributed by atoms with Crippen molar-refractivity contribution in [1.82, 2.24) is 5.32 Å². The fourth-order valence-corrected chi connectivity index (χ4v) is 5.77.